The summed E-state index contributed by atoms with van der Waals surface area (Å²) in [6, 6.07) is -1.06. The average molecular weight is 293 g/mol. The van der Waals surface area contributed by atoms with Gasteiger partial charge in [-0.1, -0.05) is 0 Å². The zero-order chi connectivity index (χ0) is 14.5. The van der Waals surface area contributed by atoms with E-state index in [4.69, 9.17) is 5.11 Å². The third kappa shape index (κ3) is 4.44. The molecule has 0 bridgehead atoms. The van der Waals surface area contributed by atoms with Crippen molar-refractivity contribution in [1.82, 2.24) is 14.3 Å². The first-order valence-corrected chi connectivity index (χ1v) is 7.58. The summed E-state index contributed by atoms with van der Waals surface area (Å²) in [5.41, 5.74) is 0. The highest BCUT2D eigenvalue weighted by Gasteiger charge is 2.36. The van der Waals surface area contributed by atoms with Crippen LogP contribution in [0, 0.1) is 0 Å². The number of piperidine rings is 1. The molecule has 1 unspecified atom stereocenters. The number of nitrogens with one attached hydrogen (secondary N) is 2. The van der Waals surface area contributed by atoms with Crippen molar-refractivity contribution in [3.05, 3.63) is 0 Å². The molecule has 1 atom stereocenters. The standard InChI is InChI=1S/C10H19N3O5S/c1-2-11-9(14)7-12-19(17,18)13-6-4-3-5-8(13)10(15)16/h8,12H,2-7H2,1H3,(H,11,14)(H,15,16). The third-order valence-electron chi connectivity index (χ3n) is 2.84. The van der Waals surface area contributed by atoms with E-state index in [9.17, 15) is 18.0 Å². The average Bonchev–Trinajstić information content (AvgIpc) is 2.37. The topological polar surface area (TPSA) is 116 Å². The molecule has 1 fully saturated rings. The van der Waals surface area contributed by atoms with Crippen LogP contribution in [0.3, 0.4) is 0 Å². The Bertz CT molecular complexity index is 436. The van der Waals surface area contributed by atoms with Gasteiger partial charge in [0.25, 0.3) is 10.2 Å². The van der Waals surface area contributed by atoms with Crippen LogP contribution >= 0.6 is 0 Å². The normalized spacial score (nSPS) is 21.0. The second-order valence-corrected chi connectivity index (χ2v) is 5.95. The Labute approximate surface area is 112 Å². The summed E-state index contributed by atoms with van der Waals surface area (Å²) in [6.45, 7) is 1.89. The van der Waals surface area contributed by atoms with Crippen LogP contribution in [0.4, 0.5) is 0 Å². The Kier molecular flexibility index (Phi) is 5.70. The third-order valence-corrected chi connectivity index (χ3v) is 4.40. The summed E-state index contributed by atoms with van der Waals surface area (Å²) in [4.78, 5) is 22.3. The summed E-state index contributed by atoms with van der Waals surface area (Å²) in [6.07, 6.45) is 1.59. The van der Waals surface area contributed by atoms with Crippen LogP contribution in [-0.4, -0.2) is 55.4 Å². The van der Waals surface area contributed by atoms with Crippen molar-refractivity contribution in [2.75, 3.05) is 19.6 Å². The molecule has 9 heteroatoms. The van der Waals surface area contributed by atoms with Gasteiger partial charge in [0.15, 0.2) is 0 Å². The van der Waals surface area contributed by atoms with Gasteiger partial charge in [-0.25, -0.2) is 0 Å². The number of carboxylic acid groups (broad SMARTS) is 1. The summed E-state index contributed by atoms with van der Waals surface area (Å²) in [7, 11) is -3.95. The molecule has 1 rings (SSSR count). The van der Waals surface area contributed by atoms with Crippen molar-refractivity contribution in [3.63, 3.8) is 0 Å². The molecule has 0 aromatic carbocycles. The molecule has 1 heterocycles. The smallest absolute Gasteiger partial charge is 0.322 e. The maximum Gasteiger partial charge on any atom is 0.322 e. The number of carbonyl (C=O) groups excluding carboxylic acids is 1. The van der Waals surface area contributed by atoms with E-state index in [-0.39, 0.29) is 19.5 Å². The van der Waals surface area contributed by atoms with Gasteiger partial charge < -0.3 is 10.4 Å². The molecule has 3 N–H and O–H groups in total. The lowest BCUT2D eigenvalue weighted by Crippen LogP contribution is -2.53. The SMILES string of the molecule is CCNC(=O)CNS(=O)(=O)N1CCCCC1C(=O)O. The Hall–Kier alpha value is -1.19. The first-order chi connectivity index (χ1) is 8.88. The Morgan fingerprint density at radius 1 is 1.37 bits per heavy atom. The zero-order valence-electron chi connectivity index (χ0n) is 10.8. The lowest BCUT2D eigenvalue weighted by molar-refractivity contribution is -0.142. The van der Waals surface area contributed by atoms with Gasteiger partial charge in [-0.05, 0) is 26.2 Å². The fourth-order valence-electron chi connectivity index (χ4n) is 1.94. The molecule has 0 aromatic heterocycles. The van der Waals surface area contributed by atoms with Crippen LogP contribution in [0.5, 0.6) is 0 Å². The minimum atomic E-state index is -3.95. The maximum atomic E-state index is 12.0. The predicted octanol–water partition coefficient (Wildman–Crippen LogP) is -1.10. The van der Waals surface area contributed by atoms with Gasteiger partial charge in [-0.2, -0.15) is 17.4 Å². The van der Waals surface area contributed by atoms with Crippen molar-refractivity contribution in [2.24, 2.45) is 0 Å². The number of nitrogens with zero attached hydrogens (tertiary/aromatic N) is 1. The fraction of sp³-hybridized carbons (Fsp3) is 0.800. The van der Waals surface area contributed by atoms with Gasteiger partial charge in [0.1, 0.15) is 6.04 Å². The van der Waals surface area contributed by atoms with Crippen molar-refractivity contribution in [1.29, 1.82) is 0 Å². The summed E-state index contributed by atoms with van der Waals surface area (Å²) in [5, 5.41) is 11.5. The van der Waals surface area contributed by atoms with Gasteiger partial charge in [-0.15, -0.1) is 0 Å². The van der Waals surface area contributed by atoms with Crippen LogP contribution in [0.25, 0.3) is 0 Å². The van der Waals surface area contributed by atoms with Gasteiger partial charge in [0.2, 0.25) is 5.91 Å². The molecule has 0 saturated carbocycles. The molecule has 0 spiro atoms. The minimum absolute atomic E-state index is 0.154. The van der Waals surface area contributed by atoms with E-state index in [0.29, 0.717) is 19.4 Å². The monoisotopic (exact) mass is 293 g/mol. The van der Waals surface area contributed by atoms with Crippen molar-refractivity contribution < 1.29 is 23.1 Å². The predicted molar refractivity (Wildman–Crippen MR) is 67.6 cm³/mol. The molecular formula is C10H19N3O5S. The molecule has 0 radical (unpaired) electrons. The van der Waals surface area contributed by atoms with Crippen molar-refractivity contribution in [2.45, 2.75) is 32.2 Å². The van der Waals surface area contributed by atoms with E-state index in [1.807, 2.05) is 0 Å². The molecule has 1 aliphatic heterocycles. The lowest BCUT2D eigenvalue weighted by atomic mass is 10.1. The summed E-state index contributed by atoms with van der Waals surface area (Å²) < 4.78 is 27.0. The highest BCUT2D eigenvalue weighted by Crippen LogP contribution is 2.19. The van der Waals surface area contributed by atoms with E-state index in [2.05, 4.69) is 10.0 Å². The lowest BCUT2D eigenvalue weighted by Gasteiger charge is -2.31. The van der Waals surface area contributed by atoms with E-state index in [1.54, 1.807) is 6.92 Å². The number of rotatable bonds is 6. The molecule has 19 heavy (non-hydrogen) atoms. The Balaban J connectivity index is 2.69. The maximum absolute atomic E-state index is 12.0. The second-order valence-electron chi connectivity index (χ2n) is 4.24. The molecule has 1 saturated heterocycles. The highest BCUT2D eigenvalue weighted by atomic mass is 32.2. The Morgan fingerprint density at radius 3 is 2.63 bits per heavy atom. The van der Waals surface area contributed by atoms with Crippen LogP contribution in [0.15, 0.2) is 0 Å². The number of hydrogen-bond acceptors (Lipinski definition) is 4. The first-order valence-electron chi connectivity index (χ1n) is 6.14. The first kappa shape index (κ1) is 15.9. The highest BCUT2D eigenvalue weighted by molar-refractivity contribution is 7.87. The second kappa shape index (κ2) is 6.83. The van der Waals surface area contributed by atoms with Crippen LogP contribution in [0.1, 0.15) is 26.2 Å². The largest absolute Gasteiger partial charge is 0.480 e. The molecule has 1 aliphatic rings. The van der Waals surface area contributed by atoms with Gasteiger partial charge in [0.05, 0.1) is 6.54 Å². The van der Waals surface area contributed by atoms with E-state index in [1.165, 1.54) is 0 Å². The van der Waals surface area contributed by atoms with Crippen LogP contribution < -0.4 is 10.0 Å². The Morgan fingerprint density at radius 2 is 2.05 bits per heavy atom. The minimum Gasteiger partial charge on any atom is -0.480 e. The quantitative estimate of drug-likeness (QED) is 0.574. The van der Waals surface area contributed by atoms with Crippen LogP contribution in [0.2, 0.25) is 0 Å². The van der Waals surface area contributed by atoms with Crippen molar-refractivity contribution in [3.8, 4) is 0 Å². The molecule has 0 aliphatic carbocycles. The van der Waals surface area contributed by atoms with Crippen LogP contribution in [-0.2, 0) is 19.8 Å². The van der Waals surface area contributed by atoms with E-state index in [0.717, 1.165) is 4.31 Å². The summed E-state index contributed by atoms with van der Waals surface area (Å²) in [5.74, 6) is -1.61. The number of carbonyl (C=O) groups is 2. The summed E-state index contributed by atoms with van der Waals surface area (Å²) >= 11 is 0. The fourth-order valence-corrected chi connectivity index (χ4v) is 3.32. The van der Waals surface area contributed by atoms with E-state index >= 15 is 0 Å². The van der Waals surface area contributed by atoms with Gasteiger partial charge >= 0.3 is 5.97 Å². The number of carboxylic acids is 1. The van der Waals surface area contributed by atoms with E-state index < -0.39 is 28.1 Å². The number of amides is 1. The molecule has 110 valence electrons. The molecular weight excluding hydrogens is 274 g/mol. The molecule has 0 aromatic rings. The van der Waals surface area contributed by atoms with Crippen molar-refractivity contribution >= 4 is 22.1 Å². The number of aliphatic carboxylic acids is 1. The molecule has 8 nitrogen and oxygen atoms in total. The molecule has 1 amide bonds. The zero-order valence-corrected chi connectivity index (χ0v) is 11.6. The van der Waals surface area contributed by atoms with Gasteiger partial charge in [-0.3, -0.25) is 9.59 Å². The van der Waals surface area contributed by atoms with Gasteiger partial charge in [0, 0.05) is 13.1 Å². The number of hydrogen-bond donors (Lipinski definition) is 3. The number of likely N-dealkylation sites (N-methyl/N-ethyl adjacent to an activating group) is 1.